The summed E-state index contributed by atoms with van der Waals surface area (Å²) in [6.45, 7) is 1.11. The van der Waals surface area contributed by atoms with Crippen LogP contribution in [-0.4, -0.2) is 31.0 Å². The van der Waals surface area contributed by atoms with Gasteiger partial charge in [-0.2, -0.15) is 0 Å². The summed E-state index contributed by atoms with van der Waals surface area (Å²) in [5.41, 5.74) is 1.76. The topological polar surface area (TPSA) is 53.5 Å². The van der Waals surface area contributed by atoms with Crippen LogP contribution in [0.2, 0.25) is 0 Å². The molecule has 3 aromatic rings. The zero-order valence-corrected chi connectivity index (χ0v) is 12.1. The first kappa shape index (κ1) is 12.9. The van der Waals surface area contributed by atoms with Gasteiger partial charge in [0.05, 0.1) is 11.7 Å². The number of rotatable bonds is 2. The Labute approximate surface area is 128 Å². The van der Waals surface area contributed by atoms with E-state index in [4.69, 9.17) is 14.2 Å². The Morgan fingerprint density at radius 2 is 1.82 bits per heavy atom. The number of fused-ring (bicyclic) bond motifs is 2. The van der Waals surface area contributed by atoms with Crippen LogP contribution in [0.3, 0.4) is 0 Å². The van der Waals surface area contributed by atoms with Gasteiger partial charge < -0.3 is 14.2 Å². The minimum atomic E-state index is 0.552. The molecule has 0 amide bonds. The average molecular weight is 292 g/mol. The van der Waals surface area contributed by atoms with Gasteiger partial charge in [0.1, 0.15) is 24.7 Å². The Morgan fingerprint density at radius 1 is 1.00 bits per heavy atom. The summed E-state index contributed by atoms with van der Waals surface area (Å²) in [6.07, 6.45) is 3.43. The molecule has 0 spiro atoms. The van der Waals surface area contributed by atoms with E-state index in [-0.39, 0.29) is 0 Å². The first-order valence-corrected chi connectivity index (χ1v) is 7.08. The van der Waals surface area contributed by atoms with Crippen molar-refractivity contribution in [2.24, 2.45) is 0 Å². The van der Waals surface area contributed by atoms with Crippen LogP contribution in [0.5, 0.6) is 23.0 Å². The van der Waals surface area contributed by atoms with E-state index in [1.54, 1.807) is 12.4 Å². The summed E-state index contributed by atoms with van der Waals surface area (Å²) in [6, 6.07) is 9.43. The minimum Gasteiger partial charge on any atom is -0.486 e. The second-order valence-electron chi connectivity index (χ2n) is 5.06. The number of aromatic nitrogens is 2. The lowest BCUT2D eigenvalue weighted by atomic mass is 10.0. The third-order valence-electron chi connectivity index (χ3n) is 3.48. The fourth-order valence-electron chi connectivity index (χ4n) is 2.39. The quantitative estimate of drug-likeness (QED) is 0.669. The van der Waals surface area contributed by atoms with E-state index in [0.717, 1.165) is 28.0 Å². The first-order valence-electron chi connectivity index (χ1n) is 7.08. The van der Waals surface area contributed by atoms with Crippen LogP contribution in [0.25, 0.3) is 10.9 Å². The monoisotopic (exact) mass is 292 g/mol. The van der Waals surface area contributed by atoms with Gasteiger partial charge in [0, 0.05) is 17.6 Å². The van der Waals surface area contributed by atoms with Crippen molar-refractivity contribution < 1.29 is 14.2 Å². The maximum Gasteiger partial charge on any atom is 0.163 e. The van der Waals surface area contributed by atoms with E-state index in [1.165, 1.54) is 0 Å². The molecule has 1 aromatic carbocycles. The molecule has 0 radical (unpaired) electrons. The Kier molecular flexibility index (Phi) is 3.07. The van der Waals surface area contributed by atoms with Crippen molar-refractivity contribution >= 4 is 24.3 Å². The third-order valence-corrected chi connectivity index (χ3v) is 3.48. The highest BCUT2D eigenvalue weighted by Gasteiger charge is 2.15. The highest BCUT2D eigenvalue weighted by molar-refractivity contribution is 6.30. The Bertz CT molecular complexity index is 837. The van der Waals surface area contributed by atoms with Gasteiger partial charge in [-0.15, -0.1) is 0 Å². The number of benzene rings is 1. The van der Waals surface area contributed by atoms with Gasteiger partial charge in [0.25, 0.3) is 0 Å². The summed E-state index contributed by atoms with van der Waals surface area (Å²) >= 11 is 0. The second-order valence-corrected chi connectivity index (χ2v) is 5.06. The molecule has 5 nitrogen and oxygen atoms in total. The van der Waals surface area contributed by atoms with Crippen molar-refractivity contribution in [1.29, 1.82) is 0 Å². The van der Waals surface area contributed by atoms with Crippen molar-refractivity contribution in [3.05, 3.63) is 42.7 Å². The van der Waals surface area contributed by atoms with Gasteiger partial charge in [0.15, 0.2) is 19.3 Å². The highest BCUT2D eigenvalue weighted by Crippen LogP contribution is 2.38. The molecule has 0 bridgehead atoms. The van der Waals surface area contributed by atoms with Crippen LogP contribution in [0.4, 0.5) is 0 Å². The molecule has 108 valence electrons. The van der Waals surface area contributed by atoms with E-state index in [0.29, 0.717) is 24.7 Å². The lowest BCUT2D eigenvalue weighted by molar-refractivity contribution is 0.172. The summed E-state index contributed by atoms with van der Waals surface area (Å²) in [5, 5.41) is 0.882. The molecule has 22 heavy (non-hydrogen) atoms. The number of hydrogen-bond donors (Lipinski definition) is 0. The predicted molar refractivity (Wildman–Crippen MR) is 85.2 cm³/mol. The molecule has 0 unspecified atom stereocenters. The van der Waals surface area contributed by atoms with Crippen molar-refractivity contribution in [3.8, 4) is 23.0 Å². The SMILES string of the molecule is Bc1ccc(Oc2ccnc3cc4c(cc23)OCCO4)cn1. The predicted octanol–water partition coefficient (Wildman–Crippen LogP) is 1.45. The third kappa shape index (κ3) is 2.32. The summed E-state index contributed by atoms with van der Waals surface area (Å²) in [7, 11) is 1.94. The molecule has 6 heteroatoms. The van der Waals surface area contributed by atoms with E-state index >= 15 is 0 Å². The van der Waals surface area contributed by atoms with E-state index in [9.17, 15) is 0 Å². The van der Waals surface area contributed by atoms with Gasteiger partial charge in [-0.05, 0) is 29.9 Å². The molecule has 0 atom stereocenters. The lowest BCUT2D eigenvalue weighted by Gasteiger charge is -2.19. The Hall–Kier alpha value is -2.76. The Morgan fingerprint density at radius 3 is 2.59 bits per heavy atom. The first-order chi connectivity index (χ1) is 10.8. The largest absolute Gasteiger partial charge is 0.486 e. The van der Waals surface area contributed by atoms with Crippen molar-refractivity contribution in [2.75, 3.05) is 13.2 Å². The normalized spacial score (nSPS) is 13.1. The van der Waals surface area contributed by atoms with Crippen LogP contribution in [0.15, 0.2) is 42.7 Å². The summed E-state index contributed by atoms with van der Waals surface area (Å²) in [5.74, 6) is 2.85. The fourth-order valence-corrected chi connectivity index (χ4v) is 2.39. The number of ether oxygens (including phenoxy) is 3. The van der Waals surface area contributed by atoms with Crippen molar-refractivity contribution in [3.63, 3.8) is 0 Å². The second kappa shape index (κ2) is 5.22. The minimum absolute atomic E-state index is 0.552. The molecule has 4 rings (SSSR count). The van der Waals surface area contributed by atoms with E-state index in [1.807, 2.05) is 38.2 Å². The van der Waals surface area contributed by atoms with Crippen LogP contribution >= 0.6 is 0 Å². The molecule has 0 saturated carbocycles. The van der Waals surface area contributed by atoms with Gasteiger partial charge in [-0.3, -0.25) is 9.97 Å². The molecule has 0 fully saturated rings. The standard InChI is InChI=1S/C16H13BN2O3/c17-16-2-1-10(9-19-16)22-13-3-4-18-12-8-15-14(7-11(12)13)20-5-6-21-15/h1-4,7-9H,5-6,17H2. The molecule has 3 heterocycles. The van der Waals surface area contributed by atoms with Crippen molar-refractivity contribution in [2.45, 2.75) is 0 Å². The van der Waals surface area contributed by atoms with Crippen LogP contribution in [0, 0.1) is 0 Å². The van der Waals surface area contributed by atoms with Crippen LogP contribution in [0.1, 0.15) is 0 Å². The van der Waals surface area contributed by atoms with Gasteiger partial charge >= 0.3 is 0 Å². The zero-order valence-electron chi connectivity index (χ0n) is 12.1. The highest BCUT2D eigenvalue weighted by atomic mass is 16.6. The van der Waals surface area contributed by atoms with Crippen LogP contribution in [-0.2, 0) is 0 Å². The summed E-state index contributed by atoms with van der Waals surface area (Å²) < 4.78 is 17.2. The molecule has 1 aliphatic heterocycles. The molecule has 0 aliphatic carbocycles. The van der Waals surface area contributed by atoms with Gasteiger partial charge in [0.2, 0.25) is 0 Å². The average Bonchev–Trinajstić information content (AvgIpc) is 2.55. The van der Waals surface area contributed by atoms with E-state index in [2.05, 4.69) is 9.97 Å². The molecule has 0 N–H and O–H groups in total. The van der Waals surface area contributed by atoms with Crippen molar-refractivity contribution in [1.82, 2.24) is 9.97 Å². The number of hydrogen-bond acceptors (Lipinski definition) is 5. The number of nitrogens with zero attached hydrogens (tertiary/aromatic N) is 2. The fraction of sp³-hybridized carbons (Fsp3) is 0.125. The molecule has 0 saturated heterocycles. The molecular weight excluding hydrogens is 279 g/mol. The van der Waals surface area contributed by atoms with E-state index < -0.39 is 0 Å². The maximum absolute atomic E-state index is 5.94. The van der Waals surface area contributed by atoms with Gasteiger partial charge in [-0.1, -0.05) is 0 Å². The molecule has 1 aliphatic rings. The zero-order chi connectivity index (χ0) is 14.9. The van der Waals surface area contributed by atoms with Gasteiger partial charge in [-0.25, -0.2) is 0 Å². The maximum atomic E-state index is 5.94. The molecule has 2 aromatic heterocycles. The number of pyridine rings is 2. The Balaban J connectivity index is 1.78. The lowest BCUT2D eigenvalue weighted by Crippen LogP contribution is -2.15. The smallest absolute Gasteiger partial charge is 0.163 e. The summed E-state index contributed by atoms with van der Waals surface area (Å²) in [4.78, 5) is 8.61. The molecular formula is C16H13BN2O3. The van der Waals surface area contributed by atoms with Crippen LogP contribution < -0.4 is 19.8 Å².